The maximum atomic E-state index is 11.9. The van der Waals surface area contributed by atoms with Gasteiger partial charge in [-0.2, -0.15) is 0 Å². The third kappa shape index (κ3) is 3.63. The molecule has 0 radical (unpaired) electrons. The minimum Gasteiger partial charge on any atom is -0.348 e. The average Bonchev–Trinajstić information content (AvgIpc) is 2.86. The molecule has 0 aliphatic carbocycles. The highest BCUT2D eigenvalue weighted by Crippen LogP contribution is 2.23. The van der Waals surface area contributed by atoms with Crippen molar-refractivity contribution in [3.8, 4) is 0 Å². The summed E-state index contributed by atoms with van der Waals surface area (Å²) in [7, 11) is 3.55. The van der Waals surface area contributed by atoms with Gasteiger partial charge in [-0.3, -0.25) is 4.79 Å². The molecule has 0 bridgehead atoms. The largest absolute Gasteiger partial charge is 0.348 e. The number of hydrogen-bond donors (Lipinski definition) is 0. The van der Waals surface area contributed by atoms with Crippen molar-refractivity contribution in [2.24, 2.45) is 0 Å². The Morgan fingerprint density at radius 1 is 1.35 bits per heavy atom. The van der Waals surface area contributed by atoms with Gasteiger partial charge in [-0.15, -0.1) is 0 Å². The molecule has 1 heterocycles. The minimum absolute atomic E-state index is 0.101. The van der Waals surface area contributed by atoms with Gasteiger partial charge < -0.3 is 9.47 Å². The summed E-state index contributed by atoms with van der Waals surface area (Å²) in [6.07, 6.45) is 3.72. The van der Waals surface area contributed by atoms with Crippen molar-refractivity contribution in [1.29, 1.82) is 0 Å². The molecule has 0 saturated heterocycles. The van der Waals surface area contributed by atoms with Crippen LogP contribution in [0.25, 0.3) is 0 Å². The average molecular weight is 289 g/mol. The molecule has 0 aliphatic heterocycles. The Morgan fingerprint density at radius 2 is 2.05 bits per heavy atom. The van der Waals surface area contributed by atoms with E-state index in [9.17, 15) is 4.79 Å². The molecule has 1 atom stereocenters. The van der Waals surface area contributed by atoms with E-state index in [0.29, 0.717) is 0 Å². The molecule has 0 N–H and O–H groups in total. The zero-order chi connectivity index (χ0) is 14.5. The fraction of sp³-hybridized carbons (Fsp3) is 0.333. The number of carbonyl (C=O) groups is 1. The molecule has 5 heteroatoms. The van der Waals surface area contributed by atoms with Crippen molar-refractivity contribution in [3.63, 3.8) is 0 Å². The first-order valence-electron chi connectivity index (χ1n) is 6.51. The molecule has 1 amide bonds. The molecule has 0 spiro atoms. The Morgan fingerprint density at radius 3 is 2.70 bits per heavy atom. The quantitative estimate of drug-likeness (QED) is 0.794. The first kappa shape index (κ1) is 14.7. The molecule has 2 aromatic rings. The fourth-order valence-electron chi connectivity index (χ4n) is 1.89. The number of amides is 1. The van der Waals surface area contributed by atoms with Crippen molar-refractivity contribution in [2.45, 2.75) is 23.9 Å². The van der Waals surface area contributed by atoms with Gasteiger partial charge in [-0.1, -0.05) is 42.1 Å². The number of hydrogen-bond acceptors (Lipinski definition) is 3. The van der Waals surface area contributed by atoms with Crippen molar-refractivity contribution < 1.29 is 4.79 Å². The number of imidazole rings is 1. The predicted molar refractivity (Wildman–Crippen MR) is 81.8 cm³/mol. The van der Waals surface area contributed by atoms with Crippen LogP contribution < -0.4 is 0 Å². The lowest BCUT2D eigenvalue weighted by Gasteiger charge is -2.16. The number of benzene rings is 1. The lowest BCUT2D eigenvalue weighted by molar-refractivity contribution is -0.127. The summed E-state index contributed by atoms with van der Waals surface area (Å²) in [5.41, 5.74) is 1.22. The SMILES string of the molecule is CC(Sc1nccn1Cc1ccccc1)C(=O)N(C)C. The number of nitrogens with zero attached hydrogens (tertiary/aromatic N) is 3. The van der Waals surface area contributed by atoms with E-state index < -0.39 is 0 Å². The second-order valence-electron chi connectivity index (χ2n) is 4.82. The van der Waals surface area contributed by atoms with Crippen LogP contribution in [-0.4, -0.2) is 39.7 Å². The van der Waals surface area contributed by atoms with E-state index in [1.54, 1.807) is 25.2 Å². The summed E-state index contributed by atoms with van der Waals surface area (Å²) >= 11 is 1.49. The van der Waals surface area contributed by atoms with Crippen LogP contribution in [0.5, 0.6) is 0 Å². The molecular formula is C15H19N3OS. The van der Waals surface area contributed by atoms with Gasteiger partial charge in [0.05, 0.1) is 5.25 Å². The summed E-state index contributed by atoms with van der Waals surface area (Å²) in [6.45, 7) is 2.68. The monoisotopic (exact) mass is 289 g/mol. The smallest absolute Gasteiger partial charge is 0.235 e. The van der Waals surface area contributed by atoms with E-state index in [1.807, 2.05) is 31.3 Å². The third-order valence-corrected chi connectivity index (χ3v) is 4.05. The van der Waals surface area contributed by atoms with E-state index >= 15 is 0 Å². The predicted octanol–water partition coefficient (Wildman–Crippen LogP) is 2.50. The first-order valence-corrected chi connectivity index (χ1v) is 7.39. The highest BCUT2D eigenvalue weighted by molar-refractivity contribution is 8.00. The van der Waals surface area contributed by atoms with Gasteiger partial charge in [-0.25, -0.2) is 4.98 Å². The molecule has 4 nitrogen and oxygen atoms in total. The van der Waals surface area contributed by atoms with Crippen LogP contribution in [-0.2, 0) is 11.3 Å². The Kier molecular flexibility index (Phi) is 4.84. The summed E-state index contributed by atoms with van der Waals surface area (Å²) in [5, 5.41) is 0.735. The van der Waals surface area contributed by atoms with Gasteiger partial charge >= 0.3 is 0 Å². The summed E-state index contributed by atoms with van der Waals surface area (Å²) in [4.78, 5) is 17.9. The molecule has 20 heavy (non-hydrogen) atoms. The normalized spacial score (nSPS) is 12.2. The van der Waals surface area contributed by atoms with Crippen LogP contribution in [0.3, 0.4) is 0 Å². The highest BCUT2D eigenvalue weighted by Gasteiger charge is 2.18. The Balaban J connectivity index is 2.07. The Bertz CT molecular complexity index is 566. The van der Waals surface area contributed by atoms with Crippen molar-refractivity contribution in [1.82, 2.24) is 14.5 Å². The lowest BCUT2D eigenvalue weighted by Crippen LogP contribution is -2.29. The molecule has 1 aromatic heterocycles. The number of thioether (sulfide) groups is 1. The maximum absolute atomic E-state index is 11.9. The number of carbonyl (C=O) groups excluding carboxylic acids is 1. The molecule has 1 unspecified atom stereocenters. The minimum atomic E-state index is -0.137. The van der Waals surface area contributed by atoms with Crippen LogP contribution in [0.4, 0.5) is 0 Å². The van der Waals surface area contributed by atoms with Crippen LogP contribution >= 0.6 is 11.8 Å². The van der Waals surface area contributed by atoms with E-state index in [1.165, 1.54) is 17.3 Å². The fourth-order valence-corrected chi connectivity index (χ4v) is 2.90. The standard InChI is InChI=1S/C15H19N3OS/c1-12(14(19)17(2)3)20-15-16-9-10-18(15)11-13-7-5-4-6-8-13/h4-10,12H,11H2,1-3H3. The van der Waals surface area contributed by atoms with E-state index in [4.69, 9.17) is 0 Å². The summed E-state index contributed by atoms with van der Waals surface area (Å²) in [5.74, 6) is 0.101. The molecule has 2 rings (SSSR count). The lowest BCUT2D eigenvalue weighted by atomic mass is 10.2. The topological polar surface area (TPSA) is 38.1 Å². The van der Waals surface area contributed by atoms with E-state index in [2.05, 4.69) is 21.7 Å². The third-order valence-electron chi connectivity index (χ3n) is 2.94. The maximum Gasteiger partial charge on any atom is 0.235 e. The molecular weight excluding hydrogens is 270 g/mol. The second kappa shape index (κ2) is 6.61. The van der Waals surface area contributed by atoms with Gasteiger partial charge in [-0.05, 0) is 12.5 Å². The molecule has 0 fully saturated rings. The van der Waals surface area contributed by atoms with E-state index in [0.717, 1.165) is 11.7 Å². The first-order chi connectivity index (χ1) is 9.58. The van der Waals surface area contributed by atoms with Gasteiger partial charge in [0, 0.05) is 33.0 Å². The molecule has 0 saturated carbocycles. The summed E-state index contributed by atoms with van der Waals surface area (Å²) in [6, 6.07) is 10.2. The summed E-state index contributed by atoms with van der Waals surface area (Å²) < 4.78 is 2.07. The molecule has 1 aromatic carbocycles. The van der Waals surface area contributed by atoms with Gasteiger partial charge in [0.2, 0.25) is 5.91 Å². The number of aromatic nitrogens is 2. The van der Waals surface area contributed by atoms with Crippen LogP contribution in [0, 0.1) is 0 Å². The van der Waals surface area contributed by atoms with Crippen LogP contribution in [0.2, 0.25) is 0 Å². The van der Waals surface area contributed by atoms with Crippen molar-refractivity contribution in [2.75, 3.05) is 14.1 Å². The van der Waals surface area contributed by atoms with E-state index in [-0.39, 0.29) is 11.2 Å². The molecule has 0 aliphatic rings. The molecule has 106 valence electrons. The van der Waals surface area contributed by atoms with Crippen molar-refractivity contribution in [3.05, 3.63) is 48.3 Å². The second-order valence-corrected chi connectivity index (χ2v) is 6.12. The number of rotatable bonds is 5. The Labute approximate surface area is 123 Å². The van der Waals surface area contributed by atoms with Gasteiger partial charge in [0.15, 0.2) is 5.16 Å². The van der Waals surface area contributed by atoms with Crippen molar-refractivity contribution >= 4 is 17.7 Å². The van der Waals surface area contributed by atoms with Crippen LogP contribution in [0.15, 0.2) is 47.9 Å². The Hall–Kier alpha value is -1.75. The van der Waals surface area contributed by atoms with Crippen LogP contribution in [0.1, 0.15) is 12.5 Å². The zero-order valence-electron chi connectivity index (χ0n) is 12.0. The zero-order valence-corrected chi connectivity index (χ0v) is 12.8. The van der Waals surface area contributed by atoms with Gasteiger partial charge in [0.25, 0.3) is 0 Å². The van der Waals surface area contributed by atoms with Gasteiger partial charge in [0.1, 0.15) is 0 Å². The highest BCUT2D eigenvalue weighted by atomic mass is 32.2.